The molecule has 0 aliphatic carbocycles. The molecule has 0 saturated carbocycles. The second kappa shape index (κ2) is 11.1. The highest BCUT2D eigenvalue weighted by atomic mass is 28.4. The molecule has 0 aliphatic rings. The second-order valence-electron chi connectivity index (χ2n) is 11.2. The standard InChI is InChI=1S/C30H30F4N4O2Si/c1-28(2,3)41(4,5)40-24-12-8-21(9-13-24)6-7-22-10-15-27(36-17-22)30(33,34)29(39,18-38-20-35-19-37-38)25-14-11-23(31)16-26(25)32/h8-17,19-20,39H,18H2,1-5H3. The largest absolute Gasteiger partial charge is 0.544 e. The van der Waals surface area contributed by atoms with Crippen LogP contribution in [0, 0.1) is 23.5 Å². The summed E-state index contributed by atoms with van der Waals surface area (Å²) in [6, 6.07) is 11.6. The van der Waals surface area contributed by atoms with Crippen LogP contribution in [0.3, 0.4) is 0 Å². The molecule has 0 amide bonds. The normalized spacial score (nSPS) is 13.7. The van der Waals surface area contributed by atoms with Gasteiger partial charge in [0.15, 0.2) is 5.60 Å². The number of hydrogen-bond donors (Lipinski definition) is 1. The minimum atomic E-state index is -4.12. The Hall–Kier alpha value is -4.01. The molecule has 11 heteroatoms. The quantitative estimate of drug-likeness (QED) is 0.155. The van der Waals surface area contributed by atoms with Crippen molar-refractivity contribution in [3.63, 3.8) is 0 Å². The van der Waals surface area contributed by atoms with Crippen molar-refractivity contribution in [1.29, 1.82) is 0 Å². The zero-order valence-corrected chi connectivity index (χ0v) is 24.3. The van der Waals surface area contributed by atoms with E-state index in [4.69, 9.17) is 4.43 Å². The minimum Gasteiger partial charge on any atom is -0.544 e. The lowest BCUT2D eigenvalue weighted by Crippen LogP contribution is -2.48. The summed E-state index contributed by atoms with van der Waals surface area (Å²) in [5.74, 6) is 0.162. The average molecular weight is 583 g/mol. The van der Waals surface area contributed by atoms with Crippen molar-refractivity contribution in [1.82, 2.24) is 19.7 Å². The predicted octanol–water partition coefficient (Wildman–Crippen LogP) is 6.41. The van der Waals surface area contributed by atoms with Crippen molar-refractivity contribution in [2.24, 2.45) is 0 Å². The lowest BCUT2D eigenvalue weighted by Gasteiger charge is -2.36. The number of halogens is 4. The Labute approximate surface area is 237 Å². The Kier molecular flexibility index (Phi) is 8.11. The molecule has 1 N–H and O–H groups in total. The van der Waals surface area contributed by atoms with Crippen LogP contribution >= 0.6 is 0 Å². The number of benzene rings is 2. The van der Waals surface area contributed by atoms with E-state index in [1.54, 1.807) is 0 Å². The van der Waals surface area contributed by atoms with Crippen molar-refractivity contribution >= 4 is 8.32 Å². The molecule has 0 spiro atoms. The maximum absolute atomic E-state index is 15.9. The summed E-state index contributed by atoms with van der Waals surface area (Å²) >= 11 is 0. The third kappa shape index (κ3) is 6.34. The highest BCUT2D eigenvalue weighted by molar-refractivity contribution is 6.74. The highest BCUT2D eigenvalue weighted by Gasteiger charge is 2.57. The van der Waals surface area contributed by atoms with Crippen LogP contribution in [-0.4, -0.2) is 33.2 Å². The molecule has 2 aromatic carbocycles. The molecule has 0 radical (unpaired) electrons. The van der Waals surface area contributed by atoms with Crippen molar-refractivity contribution in [3.05, 3.63) is 107 Å². The van der Waals surface area contributed by atoms with Crippen LogP contribution in [0.25, 0.3) is 0 Å². The summed E-state index contributed by atoms with van der Waals surface area (Å²) in [6.45, 7) is 9.92. The molecule has 0 aliphatic heterocycles. The Morgan fingerprint density at radius 2 is 1.61 bits per heavy atom. The number of pyridine rings is 1. The second-order valence-corrected chi connectivity index (χ2v) is 15.9. The van der Waals surface area contributed by atoms with Gasteiger partial charge in [-0.1, -0.05) is 32.6 Å². The summed E-state index contributed by atoms with van der Waals surface area (Å²) in [7, 11) is -1.98. The molecular formula is C30H30F4N4O2Si. The number of alkyl halides is 2. The molecule has 0 saturated heterocycles. The van der Waals surface area contributed by atoms with E-state index in [0.29, 0.717) is 17.2 Å². The van der Waals surface area contributed by atoms with Gasteiger partial charge in [-0.25, -0.2) is 18.4 Å². The third-order valence-electron chi connectivity index (χ3n) is 7.22. The van der Waals surface area contributed by atoms with E-state index >= 15 is 8.78 Å². The van der Waals surface area contributed by atoms with Crippen molar-refractivity contribution < 1.29 is 27.1 Å². The van der Waals surface area contributed by atoms with E-state index in [0.717, 1.165) is 47.5 Å². The van der Waals surface area contributed by atoms with Gasteiger partial charge >= 0.3 is 5.92 Å². The van der Waals surface area contributed by atoms with Gasteiger partial charge < -0.3 is 9.53 Å². The summed E-state index contributed by atoms with van der Waals surface area (Å²) in [5.41, 5.74) is -3.78. The van der Waals surface area contributed by atoms with Crippen LogP contribution in [0.15, 0.2) is 73.4 Å². The number of nitrogens with zero attached hydrogens (tertiary/aromatic N) is 4. The molecule has 2 aromatic heterocycles. The van der Waals surface area contributed by atoms with Gasteiger partial charge in [-0.05, 0) is 66.7 Å². The zero-order chi connectivity index (χ0) is 30.1. The van der Waals surface area contributed by atoms with Crippen LogP contribution in [0.1, 0.15) is 43.2 Å². The van der Waals surface area contributed by atoms with Gasteiger partial charge in [-0.3, -0.25) is 4.98 Å². The van der Waals surface area contributed by atoms with Crippen LogP contribution in [0.4, 0.5) is 17.6 Å². The molecule has 6 nitrogen and oxygen atoms in total. The van der Waals surface area contributed by atoms with E-state index in [2.05, 4.69) is 60.8 Å². The number of rotatable bonds is 7. The van der Waals surface area contributed by atoms with Gasteiger partial charge in [-0.15, -0.1) is 0 Å². The fourth-order valence-corrected chi connectivity index (χ4v) is 4.82. The molecule has 0 fully saturated rings. The Morgan fingerprint density at radius 3 is 2.17 bits per heavy atom. The van der Waals surface area contributed by atoms with Crippen LogP contribution < -0.4 is 4.43 Å². The molecule has 4 rings (SSSR count). The smallest absolute Gasteiger partial charge is 0.323 e. The Balaban J connectivity index is 1.58. The van der Waals surface area contributed by atoms with Gasteiger partial charge in [0.05, 0.1) is 6.54 Å². The lowest BCUT2D eigenvalue weighted by molar-refractivity contribution is -0.207. The summed E-state index contributed by atoms with van der Waals surface area (Å²) in [5, 5.41) is 15.1. The van der Waals surface area contributed by atoms with Crippen molar-refractivity contribution in [2.75, 3.05) is 0 Å². The SMILES string of the molecule is CC(C)(C)[Si](C)(C)Oc1ccc(C#Cc2ccc(C(F)(F)C(O)(Cn3cncn3)c3ccc(F)cc3F)nc2)cc1. The minimum absolute atomic E-state index is 0.0562. The van der Waals surface area contributed by atoms with Gasteiger partial charge in [0.2, 0.25) is 8.32 Å². The lowest BCUT2D eigenvalue weighted by atomic mass is 9.84. The summed E-state index contributed by atoms with van der Waals surface area (Å²) in [4.78, 5) is 7.52. The zero-order valence-electron chi connectivity index (χ0n) is 23.3. The third-order valence-corrected chi connectivity index (χ3v) is 11.6. The summed E-state index contributed by atoms with van der Waals surface area (Å²) < 4.78 is 67.2. The fourth-order valence-electron chi connectivity index (χ4n) is 3.79. The summed E-state index contributed by atoms with van der Waals surface area (Å²) in [6.07, 6.45) is 3.32. The van der Waals surface area contributed by atoms with E-state index in [1.807, 2.05) is 24.3 Å². The topological polar surface area (TPSA) is 73.1 Å². The van der Waals surface area contributed by atoms with Gasteiger partial charge in [-0.2, -0.15) is 13.9 Å². The number of hydrogen-bond acceptors (Lipinski definition) is 5. The molecule has 0 bridgehead atoms. The first-order valence-electron chi connectivity index (χ1n) is 12.8. The maximum Gasteiger partial charge on any atom is 0.323 e. The number of aromatic nitrogens is 4. The van der Waals surface area contributed by atoms with Crippen LogP contribution in [0.2, 0.25) is 18.1 Å². The van der Waals surface area contributed by atoms with Gasteiger partial charge in [0, 0.05) is 29.0 Å². The highest BCUT2D eigenvalue weighted by Crippen LogP contribution is 2.46. The Bertz CT molecular complexity index is 1560. The monoisotopic (exact) mass is 582 g/mol. The number of aliphatic hydroxyl groups is 1. The predicted molar refractivity (Wildman–Crippen MR) is 149 cm³/mol. The Morgan fingerprint density at radius 1 is 0.951 bits per heavy atom. The van der Waals surface area contributed by atoms with Gasteiger partial charge in [0.25, 0.3) is 0 Å². The van der Waals surface area contributed by atoms with Gasteiger partial charge in [0.1, 0.15) is 35.7 Å². The first-order chi connectivity index (χ1) is 19.1. The first kappa shape index (κ1) is 30.0. The van der Waals surface area contributed by atoms with Crippen LogP contribution in [-0.2, 0) is 18.1 Å². The van der Waals surface area contributed by atoms with Crippen LogP contribution in [0.5, 0.6) is 5.75 Å². The molecule has 4 aromatic rings. The van der Waals surface area contributed by atoms with Crippen molar-refractivity contribution in [3.8, 4) is 17.6 Å². The molecule has 1 atom stereocenters. The van der Waals surface area contributed by atoms with E-state index < -0.39 is 49.3 Å². The molecule has 214 valence electrons. The molecular weight excluding hydrogens is 552 g/mol. The average Bonchev–Trinajstić information content (AvgIpc) is 3.40. The fraction of sp³-hybridized carbons (Fsp3) is 0.300. The molecule has 41 heavy (non-hydrogen) atoms. The molecule has 2 heterocycles. The first-order valence-corrected chi connectivity index (χ1v) is 15.7. The van der Waals surface area contributed by atoms with E-state index in [1.165, 1.54) is 6.07 Å². The van der Waals surface area contributed by atoms with E-state index in [9.17, 15) is 13.9 Å². The maximum atomic E-state index is 15.9. The van der Waals surface area contributed by atoms with E-state index in [-0.39, 0.29) is 5.04 Å². The van der Waals surface area contributed by atoms with Crippen molar-refractivity contribution in [2.45, 2.75) is 57.0 Å². The molecule has 1 unspecified atom stereocenters.